The highest BCUT2D eigenvalue weighted by atomic mass is 35.5. The van der Waals surface area contributed by atoms with Crippen LogP contribution in [0.25, 0.3) is 0 Å². The molecule has 1 aromatic carbocycles. The highest BCUT2D eigenvalue weighted by Crippen LogP contribution is 2.43. The first-order valence-corrected chi connectivity index (χ1v) is 9.50. The van der Waals surface area contributed by atoms with Crippen LogP contribution in [0.1, 0.15) is 24.0 Å². The van der Waals surface area contributed by atoms with Crippen LogP contribution in [0.5, 0.6) is 0 Å². The summed E-state index contributed by atoms with van der Waals surface area (Å²) in [6.45, 7) is 2.09. The van der Waals surface area contributed by atoms with Gasteiger partial charge in [0, 0.05) is 13.0 Å². The maximum Gasteiger partial charge on any atom is 0.410 e. The topological polar surface area (TPSA) is 94.0 Å². The molecule has 2 bridgehead atoms. The number of carbonyl (C=O) groups is 3. The minimum Gasteiger partial charge on any atom is -0.448 e. The number of fused-ring (bicyclic) bond motifs is 5. The fourth-order valence-electron chi connectivity index (χ4n) is 4.37. The van der Waals surface area contributed by atoms with Gasteiger partial charge >= 0.3 is 12.1 Å². The second kappa shape index (κ2) is 6.98. The summed E-state index contributed by atoms with van der Waals surface area (Å²) in [4.78, 5) is 42.8. The number of amides is 4. The van der Waals surface area contributed by atoms with Crippen molar-refractivity contribution in [1.29, 1.82) is 5.26 Å². The van der Waals surface area contributed by atoms with E-state index in [0.717, 1.165) is 4.90 Å². The van der Waals surface area contributed by atoms with Gasteiger partial charge in [0.25, 0.3) is 5.91 Å². The number of halogens is 1. The van der Waals surface area contributed by atoms with E-state index in [0.29, 0.717) is 30.6 Å². The molecule has 3 heterocycles. The number of ether oxygens (including phenoxy) is 1. The molecule has 0 radical (unpaired) electrons. The van der Waals surface area contributed by atoms with E-state index >= 15 is 0 Å². The lowest BCUT2D eigenvalue weighted by Crippen LogP contribution is -2.55. The van der Waals surface area contributed by atoms with E-state index in [1.54, 1.807) is 17.9 Å². The number of hydrogen-bond donors (Lipinski definition) is 0. The van der Waals surface area contributed by atoms with E-state index in [2.05, 4.69) is 5.92 Å². The van der Waals surface area contributed by atoms with E-state index in [1.165, 1.54) is 11.0 Å². The maximum absolute atomic E-state index is 13.2. The molecule has 8 nitrogen and oxygen atoms in total. The zero-order chi connectivity index (χ0) is 20.9. The number of likely N-dealkylation sites (tertiary alicyclic amines) is 1. The second-order valence-electron chi connectivity index (χ2n) is 7.17. The summed E-state index contributed by atoms with van der Waals surface area (Å²) in [6.07, 6.45) is 5.49. The lowest BCUT2D eigenvalue weighted by molar-refractivity contribution is -0.121. The molecule has 1 aromatic rings. The fourth-order valence-corrected chi connectivity index (χ4v) is 4.57. The number of anilines is 1. The summed E-state index contributed by atoms with van der Waals surface area (Å²) < 4.78 is 5.17. The first-order chi connectivity index (χ1) is 13.9. The number of nitriles is 1. The molecule has 29 heavy (non-hydrogen) atoms. The number of urea groups is 1. The normalized spacial score (nSPS) is 24.6. The molecule has 3 fully saturated rings. The Kier molecular flexibility index (Phi) is 4.60. The zero-order valence-corrected chi connectivity index (χ0v) is 16.3. The number of benzene rings is 1. The van der Waals surface area contributed by atoms with Gasteiger partial charge in [-0.05, 0) is 31.0 Å². The lowest BCUT2D eigenvalue weighted by atomic mass is 10.1. The molecule has 3 atom stereocenters. The molecule has 4 rings (SSSR count). The first-order valence-electron chi connectivity index (χ1n) is 9.13. The van der Waals surface area contributed by atoms with Gasteiger partial charge < -0.3 is 14.5 Å². The molecule has 3 unspecified atom stereocenters. The molecule has 9 heteroatoms. The van der Waals surface area contributed by atoms with Gasteiger partial charge in [0.1, 0.15) is 18.7 Å². The quantitative estimate of drug-likeness (QED) is 0.431. The molecule has 0 N–H and O–H groups in total. The molecule has 0 aliphatic carbocycles. The van der Waals surface area contributed by atoms with E-state index in [4.69, 9.17) is 28.0 Å². The van der Waals surface area contributed by atoms with Gasteiger partial charge in [0.2, 0.25) is 0 Å². The molecule has 148 valence electrons. The van der Waals surface area contributed by atoms with Crippen molar-refractivity contribution in [1.82, 2.24) is 9.80 Å². The average molecular weight is 413 g/mol. The van der Waals surface area contributed by atoms with Crippen molar-refractivity contribution in [3.8, 4) is 18.4 Å². The summed E-state index contributed by atoms with van der Waals surface area (Å²) in [7, 11) is 0. The summed E-state index contributed by atoms with van der Waals surface area (Å²) in [5.41, 5.74) is 1.10. The van der Waals surface area contributed by atoms with Crippen molar-refractivity contribution in [3.05, 3.63) is 28.3 Å². The Bertz CT molecular complexity index is 1010. The van der Waals surface area contributed by atoms with Gasteiger partial charge in [-0.15, -0.1) is 12.3 Å². The number of carbonyl (C=O) groups excluding carboxylic acids is 3. The average Bonchev–Trinajstić information content (AvgIpc) is 3.36. The van der Waals surface area contributed by atoms with Crippen LogP contribution in [0.2, 0.25) is 5.02 Å². The van der Waals surface area contributed by atoms with Crippen LogP contribution in [0, 0.1) is 30.6 Å². The maximum atomic E-state index is 13.2. The van der Waals surface area contributed by atoms with Crippen LogP contribution < -0.4 is 4.90 Å². The smallest absolute Gasteiger partial charge is 0.410 e. The van der Waals surface area contributed by atoms with Gasteiger partial charge in [-0.2, -0.15) is 5.26 Å². The molecular formula is C20H17ClN4O4. The van der Waals surface area contributed by atoms with E-state index in [-0.39, 0.29) is 23.2 Å². The second-order valence-corrected chi connectivity index (χ2v) is 7.55. The summed E-state index contributed by atoms with van der Waals surface area (Å²) in [6, 6.07) is 3.14. The molecule has 3 saturated heterocycles. The minimum atomic E-state index is -0.754. The van der Waals surface area contributed by atoms with Crippen LogP contribution >= 0.6 is 11.6 Å². The Morgan fingerprint density at radius 1 is 1.41 bits per heavy atom. The third-order valence-electron chi connectivity index (χ3n) is 5.69. The summed E-state index contributed by atoms with van der Waals surface area (Å²) in [5, 5.41) is 9.33. The molecule has 4 amide bonds. The molecule has 0 aromatic heterocycles. The van der Waals surface area contributed by atoms with Crippen molar-refractivity contribution in [2.45, 2.75) is 37.9 Å². The molecule has 0 saturated carbocycles. The van der Waals surface area contributed by atoms with Crippen LogP contribution in [-0.4, -0.2) is 59.1 Å². The predicted molar refractivity (Wildman–Crippen MR) is 103 cm³/mol. The van der Waals surface area contributed by atoms with Crippen LogP contribution in [0.15, 0.2) is 12.1 Å². The predicted octanol–water partition coefficient (Wildman–Crippen LogP) is 2.27. The molecular weight excluding hydrogens is 396 g/mol. The number of terminal acetylenes is 1. The fraction of sp³-hybridized carbons (Fsp3) is 0.400. The summed E-state index contributed by atoms with van der Waals surface area (Å²) >= 11 is 6.22. The zero-order valence-electron chi connectivity index (χ0n) is 15.6. The van der Waals surface area contributed by atoms with Gasteiger partial charge in [-0.25, -0.2) is 14.5 Å². The first kappa shape index (κ1) is 19.1. The Labute approximate surface area is 172 Å². The van der Waals surface area contributed by atoms with Crippen LogP contribution in [-0.2, 0) is 9.53 Å². The van der Waals surface area contributed by atoms with Crippen molar-refractivity contribution in [2.24, 2.45) is 0 Å². The van der Waals surface area contributed by atoms with E-state index in [1.807, 2.05) is 6.07 Å². The van der Waals surface area contributed by atoms with Gasteiger partial charge in [0.05, 0.1) is 28.4 Å². The Balaban J connectivity index is 1.61. The van der Waals surface area contributed by atoms with Gasteiger partial charge in [-0.1, -0.05) is 11.6 Å². The standard InChI is InChI=1S/C20H17ClN4O4/c1-3-4-7-29-20(28)23-10-13-8-15(23)17-18(26)25(19(27)24(13)17)14-6-5-12(9-22)16(21)11(14)2/h1,5-6,13,15,17H,4,7-8,10H2,2H3. The number of hydrogen-bond acceptors (Lipinski definition) is 5. The molecule has 0 spiro atoms. The van der Waals surface area contributed by atoms with Crippen LogP contribution in [0.3, 0.4) is 0 Å². The Hall–Kier alpha value is -3.23. The number of imide groups is 1. The van der Waals surface area contributed by atoms with Crippen molar-refractivity contribution in [2.75, 3.05) is 18.1 Å². The number of piperazine rings is 1. The molecule has 3 aliphatic rings. The SMILES string of the molecule is C#CCCOC(=O)N1CC2CC1C1C(=O)N(c3ccc(C#N)c(Cl)c3C)C(=O)N21. The number of nitrogens with zero attached hydrogens (tertiary/aromatic N) is 4. The van der Waals surface area contributed by atoms with Gasteiger partial charge in [0.15, 0.2) is 0 Å². The highest BCUT2D eigenvalue weighted by Gasteiger charge is 2.63. The van der Waals surface area contributed by atoms with Crippen LogP contribution in [0.4, 0.5) is 15.3 Å². The van der Waals surface area contributed by atoms with Crippen molar-refractivity contribution in [3.63, 3.8) is 0 Å². The Morgan fingerprint density at radius 2 is 2.17 bits per heavy atom. The third-order valence-corrected chi connectivity index (χ3v) is 6.18. The summed E-state index contributed by atoms with van der Waals surface area (Å²) in [5.74, 6) is 1.99. The van der Waals surface area contributed by atoms with Crippen molar-refractivity contribution < 1.29 is 19.1 Å². The largest absolute Gasteiger partial charge is 0.448 e. The molecule has 3 aliphatic heterocycles. The van der Waals surface area contributed by atoms with Gasteiger partial charge in [-0.3, -0.25) is 4.79 Å². The number of rotatable bonds is 3. The Morgan fingerprint density at radius 3 is 2.86 bits per heavy atom. The van der Waals surface area contributed by atoms with Crippen molar-refractivity contribution >= 4 is 35.3 Å². The third kappa shape index (κ3) is 2.72. The minimum absolute atomic E-state index is 0.111. The lowest BCUT2D eigenvalue weighted by Gasteiger charge is -2.34. The highest BCUT2D eigenvalue weighted by molar-refractivity contribution is 6.33. The monoisotopic (exact) mass is 412 g/mol. The van der Waals surface area contributed by atoms with E-state index < -0.39 is 30.1 Å². The van der Waals surface area contributed by atoms with E-state index in [9.17, 15) is 14.4 Å².